The molecule has 0 saturated heterocycles. The van der Waals surface area contributed by atoms with Crippen molar-refractivity contribution >= 4 is 30.6 Å². The summed E-state index contributed by atoms with van der Waals surface area (Å²) in [7, 11) is -2.95. The van der Waals surface area contributed by atoms with Gasteiger partial charge in [0.15, 0.2) is 0 Å². The maximum absolute atomic E-state index is 12.5. The largest absolute Gasteiger partial charge is 0.358 e. The van der Waals surface area contributed by atoms with Crippen LogP contribution in [0.5, 0.6) is 0 Å². The van der Waals surface area contributed by atoms with E-state index >= 15 is 0 Å². The first-order valence-electron chi connectivity index (χ1n) is 8.85. The van der Waals surface area contributed by atoms with Crippen LogP contribution in [0.3, 0.4) is 0 Å². The number of hydrogen-bond acceptors (Lipinski definition) is 2. The molecule has 5 heteroatoms. The van der Waals surface area contributed by atoms with E-state index in [9.17, 15) is 9.59 Å². The first kappa shape index (κ1) is 18.9. The van der Waals surface area contributed by atoms with Gasteiger partial charge in [0, 0.05) is 12.8 Å². The van der Waals surface area contributed by atoms with Crippen LogP contribution < -0.4 is 20.3 Å². The molecular formula is C20H26N2O2Si. The quantitative estimate of drug-likeness (QED) is 0.713. The van der Waals surface area contributed by atoms with Gasteiger partial charge in [-0.15, -0.1) is 0 Å². The van der Waals surface area contributed by atoms with Crippen LogP contribution in [0.1, 0.15) is 39.5 Å². The van der Waals surface area contributed by atoms with Crippen molar-refractivity contribution < 1.29 is 9.59 Å². The Bertz CT molecular complexity index is 628. The summed E-state index contributed by atoms with van der Waals surface area (Å²) in [6, 6.07) is 19.6. The molecule has 0 atom stereocenters. The maximum atomic E-state index is 12.5. The van der Waals surface area contributed by atoms with E-state index in [-0.39, 0.29) is 11.8 Å². The molecule has 4 nitrogen and oxygen atoms in total. The molecule has 0 aliphatic heterocycles. The molecule has 2 N–H and O–H groups in total. The van der Waals surface area contributed by atoms with E-state index in [1.54, 1.807) is 0 Å². The van der Waals surface area contributed by atoms with Crippen molar-refractivity contribution in [1.82, 2.24) is 9.96 Å². The lowest BCUT2D eigenvalue weighted by atomic mass is 10.3. The highest BCUT2D eigenvalue weighted by Gasteiger charge is 2.42. The number of carbonyl (C=O) groups excluding carboxylic acids is 2. The van der Waals surface area contributed by atoms with Crippen LogP contribution in [0.4, 0.5) is 0 Å². The molecular weight excluding hydrogens is 328 g/mol. The third-order valence-corrected chi connectivity index (χ3v) is 7.73. The summed E-state index contributed by atoms with van der Waals surface area (Å²) in [6.45, 7) is 3.95. The summed E-state index contributed by atoms with van der Waals surface area (Å²) in [6.07, 6.45) is 2.42. The lowest BCUT2D eigenvalue weighted by Gasteiger charge is -2.33. The third kappa shape index (κ3) is 4.79. The van der Waals surface area contributed by atoms with Gasteiger partial charge < -0.3 is 9.96 Å². The lowest BCUT2D eigenvalue weighted by molar-refractivity contribution is -0.119. The van der Waals surface area contributed by atoms with Gasteiger partial charge in [-0.1, -0.05) is 74.5 Å². The number of nitrogens with one attached hydrogen (secondary N) is 2. The number of hydrogen-bond donors (Lipinski definition) is 2. The van der Waals surface area contributed by atoms with E-state index in [0.717, 1.165) is 23.2 Å². The molecule has 0 saturated carbocycles. The van der Waals surface area contributed by atoms with Gasteiger partial charge in [-0.3, -0.25) is 9.59 Å². The molecule has 0 radical (unpaired) electrons. The van der Waals surface area contributed by atoms with Crippen LogP contribution in [0.15, 0.2) is 60.7 Å². The van der Waals surface area contributed by atoms with E-state index in [1.165, 1.54) is 0 Å². The normalized spacial score (nSPS) is 11.0. The molecule has 2 amide bonds. The highest BCUT2D eigenvalue weighted by atomic mass is 28.3. The molecule has 0 bridgehead atoms. The summed E-state index contributed by atoms with van der Waals surface area (Å²) >= 11 is 0. The topological polar surface area (TPSA) is 58.2 Å². The highest BCUT2D eigenvalue weighted by molar-refractivity contribution is 7.01. The molecule has 0 aliphatic carbocycles. The molecule has 2 rings (SSSR count). The standard InChI is InChI=1S/C20H26N2O2Si/c1-3-11-19(23)21-25(22-20(24)12-4-2,17-13-7-5-8-14-17)18-15-9-6-10-16-18/h5-10,13-16H,3-4,11-12H2,1-2H3,(H,21,23)(H,22,24). The zero-order valence-corrected chi connectivity index (χ0v) is 15.9. The predicted octanol–water partition coefficient (Wildman–Crippen LogP) is 2.08. The second-order valence-corrected chi connectivity index (χ2v) is 9.23. The minimum Gasteiger partial charge on any atom is -0.358 e. The van der Waals surface area contributed by atoms with Crippen molar-refractivity contribution in [2.75, 3.05) is 0 Å². The van der Waals surface area contributed by atoms with Crippen LogP contribution in [-0.2, 0) is 9.59 Å². The van der Waals surface area contributed by atoms with Crippen molar-refractivity contribution in [3.63, 3.8) is 0 Å². The Hall–Kier alpha value is -2.40. The molecule has 2 aromatic rings. The second kappa shape index (κ2) is 9.18. The average molecular weight is 355 g/mol. The molecule has 0 heterocycles. The van der Waals surface area contributed by atoms with Gasteiger partial charge >= 0.3 is 8.40 Å². The minimum absolute atomic E-state index is 0.0290. The molecule has 25 heavy (non-hydrogen) atoms. The first-order valence-corrected chi connectivity index (χ1v) is 10.9. The summed E-state index contributed by atoms with van der Waals surface area (Å²) in [4.78, 5) is 31.5. The van der Waals surface area contributed by atoms with Crippen molar-refractivity contribution in [1.29, 1.82) is 0 Å². The third-order valence-electron chi connectivity index (χ3n) is 4.02. The fraction of sp³-hybridized carbons (Fsp3) is 0.300. The van der Waals surface area contributed by atoms with Crippen molar-refractivity contribution in [2.45, 2.75) is 39.5 Å². The number of rotatable bonds is 8. The van der Waals surface area contributed by atoms with Crippen LogP contribution in [-0.4, -0.2) is 20.2 Å². The molecule has 0 unspecified atom stereocenters. The van der Waals surface area contributed by atoms with E-state index in [4.69, 9.17) is 0 Å². The Kier molecular flexibility index (Phi) is 6.95. The van der Waals surface area contributed by atoms with Crippen molar-refractivity contribution in [3.8, 4) is 0 Å². The van der Waals surface area contributed by atoms with Gasteiger partial charge in [-0.25, -0.2) is 0 Å². The maximum Gasteiger partial charge on any atom is 0.330 e. The molecule has 0 aromatic heterocycles. The minimum atomic E-state index is -2.95. The highest BCUT2D eigenvalue weighted by Crippen LogP contribution is 2.03. The lowest BCUT2D eigenvalue weighted by Crippen LogP contribution is -2.79. The van der Waals surface area contributed by atoms with E-state index in [1.807, 2.05) is 74.5 Å². The van der Waals surface area contributed by atoms with Crippen LogP contribution in [0.2, 0.25) is 0 Å². The predicted molar refractivity (Wildman–Crippen MR) is 104 cm³/mol. The van der Waals surface area contributed by atoms with E-state index in [0.29, 0.717) is 12.8 Å². The molecule has 0 spiro atoms. The number of carbonyl (C=O) groups is 2. The van der Waals surface area contributed by atoms with E-state index in [2.05, 4.69) is 9.96 Å². The first-order chi connectivity index (χ1) is 12.1. The molecule has 2 aromatic carbocycles. The fourth-order valence-corrected chi connectivity index (χ4v) is 6.30. The fourth-order valence-electron chi connectivity index (χ4n) is 2.86. The van der Waals surface area contributed by atoms with Crippen molar-refractivity contribution in [3.05, 3.63) is 60.7 Å². The molecule has 0 fully saturated rings. The van der Waals surface area contributed by atoms with Crippen LogP contribution in [0.25, 0.3) is 0 Å². The van der Waals surface area contributed by atoms with Crippen LogP contribution >= 0.6 is 0 Å². The smallest absolute Gasteiger partial charge is 0.330 e. The van der Waals surface area contributed by atoms with Gasteiger partial charge in [-0.05, 0) is 23.2 Å². The summed E-state index contributed by atoms with van der Waals surface area (Å²) in [5.41, 5.74) is 0. The monoisotopic (exact) mass is 354 g/mol. The van der Waals surface area contributed by atoms with Gasteiger partial charge in [0.1, 0.15) is 0 Å². The summed E-state index contributed by atoms with van der Waals surface area (Å²) < 4.78 is 0. The Morgan fingerprint density at radius 3 is 1.40 bits per heavy atom. The Labute approximate surface area is 150 Å². The second-order valence-electron chi connectivity index (χ2n) is 6.08. The number of amides is 2. The Morgan fingerprint density at radius 2 is 1.08 bits per heavy atom. The average Bonchev–Trinajstić information content (AvgIpc) is 2.63. The van der Waals surface area contributed by atoms with Gasteiger partial charge in [-0.2, -0.15) is 0 Å². The Balaban J connectivity index is 2.55. The summed E-state index contributed by atoms with van der Waals surface area (Å²) in [5, 5.41) is 1.94. The van der Waals surface area contributed by atoms with E-state index < -0.39 is 8.40 Å². The summed E-state index contributed by atoms with van der Waals surface area (Å²) in [5.74, 6) is -0.0580. The number of benzene rings is 2. The Morgan fingerprint density at radius 1 is 0.720 bits per heavy atom. The zero-order chi connectivity index (χ0) is 18.1. The van der Waals surface area contributed by atoms with Crippen LogP contribution in [0, 0.1) is 0 Å². The van der Waals surface area contributed by atoms with Crippen molar-refractivity contribution in [2.24, 2.45) is 0 Å². The molecule has 132 valence electrons. The molecule has 0 aliphatic rings. The SMILES string of the molecule is CCCC(=O)N[Si](NC(=O)CCC)(c1ccccc1)c1ccccc1. The zero-order valence-electron chi connectivity index (χ0n) is 14.9. The van der Waals surface area contributed by atoms with Gasteiger partial charge in [0.05, 0.1) is 0 Å². The van der Waals surface area contributed by atoms with Gasteiger partial charge in [0.2, 0.25) is 11.8 Å². The van der Waals surface area contributed by atoms with Gasteiger partial charge in [0.25, 0.3) is 0 Å².